The lowest BCUT2D eigenvalue weighted by Gasteiger charge is -2.19. The van der Waals surface area contributed by atoms with Gasteiger partial charge in [-0.3, -0.25) is 23.6 Å². The zero-order valence-corrected chi connectivity index (χ0v) is 33.7. The van der Waals surface area contributed by atoms with E-state index in [-0.39, 0.29) is 46.9 Å². The van der Waals surface area contributed by atoms with Crippen molar-refractivity contribution < 1.29 is 31.8 Å². The van der Waals surface area contributed by atoms with Crippen LogP contribution in [0.3, 0.4) is 0 Å². The third-order valence-corrected chi connectivity index (χ3v) is 9.92. The van der Waals surface area contributed by atoms with Gasteiger partial charge in [0.2, 0.25) is 5.91 Å². The number of nitrogens with zero attached hydrogens (tertiary/aromatic N) is 8. The molecule has 0 aliphatic rings. The fourth-order valence-electron chi connectivity index (χ4n) is 5.01. The molecule has 0 bridgehead atoms. The van der Waals surface area contributed by atoms with Gasteiger partial charge < -0.3 is 15.5 Å². The van der Waals surface area contributed by atoms with E-state index in [1.165, 1.54) is 39.6 Å². The zero-order chi connectivity index (χ0) is 41.2. The molecule has 4 heterocycles. The molecule has 2 N–H and O–H groups in total. The van der Waals surface area contributed by atoms with E-state index in [4.69, 9.17) is 23.2 Å². The predicted octanol–water partition coefficient (Wildman–Crippen LogP) is 6.84. The van der Waals surface area contributed by atoms with E-state index in [2.05, 4.69) is 46.7 Å². The molecule has 0 aliphatic heterocycles. The number of pyridine rings is 2. The average molecular weight is 897 g/mol. The van der Waals surface area contributed by atoms with E-state index >= 15 is 0 Å². The Morgan fingerprint density at radius 2 is 1.80 bits per heavy atom. The van der Waals surface area contributed by atoms with Crippen LogP contribution < -0.4 is 15.5 Å². The highest BCUT2D eigenvalue weighted by Crippen LogP contribution is 2.28. The van der Waals surface area contributed by atoms with E-state index in [0.29, 0.717) is 37.8 Å². The zero-order valence-electron chi connectivity index (χ0n) is 29.8. The number of carbonyl (C=O) groups is 3. The molecule has 56 heavy (non-hydrogen) atoms. The molecule has 0 spiro atoms. The van der Waals surface area contributed by atoms with Crippen molar-refractivity contribution in [3.8, 4) is 17.6 Å². The fraction of sp³-hybridized carbons (Fsp3) is 0.257. The molecule has 0 saturated carbocycles. The number of carbonyl (C=O) groups excluding carboxylic acids is 3. The highest BCUT2D eigenvalue weighted by molar-refractivity contribution is 9.10. The molecule has 294 valence electrons. The maximum Gasteiger partial charge on any atom is 0.390 e. The van der Waals surface area contributed by atoms with Crippen molar-refractivity contribution in [1.29, 1.82) is 5.26 Å². The highest BCUT2D eigenvalue weighted by atomic mass is 79.9. The molecule has 14 nitrogen and oxygen atoms in total. The van der Waals surface area contributed by atoms with Crippen LogP contribution in [-0.2, 0) is 15.6 Å². The van der Waals surface area contributed by atoms with Crippen LogP contribution in [0.1, 0.15) is 51.7 Å². The SMILES string of the molecule is CCN(C(=O)CCS(=O)CCC(F)(F)F)c1cn(-c2cccnc2)nc1Cl.CNC(=O)c1cc(C#N)cc(C)c1NC(=O)c1cc(Br)nn1-c1ncccc1Cl. The first-order valence-corrected chi connectivity index (χ1v) is 19.4. The minimum absolute atomic E-state index is 0.104. The number of anilines is 2. The van der Waals surface area contributed by atoms with Crippen LogP contribution in [0.15, 0.2) is 71.9 Å². The molecule has 0 fully saturated rings. The topological polar surface area (TPSA) is 181 Å². The van der Waals surface area contributed by atoms with Crippen molar-refractivity contribution in [1.82, 2.24) is 34.8 Å². The number of nitrogens with one attached hydrogen (secondary N) is 2. The lowest BCUT2D eigenvalue weighted by Crippen LogP contribution is -2.31. The summed E-state index contributed by atoms with van der Waals surface area (Å²) in [6, 6.07) is 13.3. The third-order valence-electron chi connectivity index (χ3n) is 7.65. The molecule has 0 saturated heterocycles. The van der Waals surface area contributed by atoms with Crippen molar-refractivity contribution in [2.75, 3.05) is 35.3 Å². The summed E-state index contributed by atoms with van der Waals surface area (Å²) in [5.41, 5.74) is 2.53. The Bertz CT molecular complexity index is 2280. The molecule has 1 atom stereocenters. The van der Waals surface area contributed by atoms with Crippen molar-refractivity contribution in [3.05, 3.63) is 104 Å². The van der Waals surface area contributed by atoms with E-state index in [9.17, 15) is 37.0 Å². The van der Waals surface area contributed by atoms with E-state index in [1.807, 2.05) is 6.07 Å². The summed E-state index contributed by atoms with van der Waals surface area (Å²) in [7, 11) is -0.252. The smallest absolute Gasteiger partial charge is 0.355 e. The van der Waals surface area contributed by atoms with Gasteiger partial charge >= 0.3 is 6.18 Å². The number of rotatable bonds is 12. The van der Waals surface area contributed by atoms with E-state index < -0.39 is 41.0 Å². The van der Waals surface area contributed by atoms with Crippen molar-refractivity contribution in [3.63, 3.8) is 0 Å². The summed E-state index contributed by atoms with van der Waals surface area (Å²) in [5.74, 6) is -1.70. The van der Waals surface area contributed by atoms with Crippen LogP contribution in [0, 0.1) is 18.3 Å². The normalized spacial score (nSPS) is 11.5. The van der Waals surface area contributed by atoms with Gasteiger partial charge in [-0.05, 0) is 71.7 Å². The summed E-state index contributed by atoms with van der Waals surface area (Å²) in [6.07, 6.45) is 0.658. The number of aryl methyl sites for hydroxylation is 1. The number of hydrogen-bond acceptors (Lipinski definition) is 9. The molecular formula is C35H32BrCl2F3N10O4S. The maximum absolute atomic E-state index is 13.0. The summed E-state index contributed by atoms with van der Waals surface area (Å²) < 4.78 is 51.4. The molecule has 21 heteroatoms. The summed E-state index contributed by atoms with van der Waals surface area (Å²) in [6.45, 7) is 3.72. The van der Waals surface area contributed by atoms with Crippen LogP contribution in [0.5, 0.6) is 0 Å². The average Bonchev–Trinajstić information content (AvgIpc) is 3.76. The second-order valence-electron chi connectivity index (χ2n) is 11.5. The Kier molecular flexibility index (Phi) is 15.3. The molecule has 1 unspecified atom stereocenters. The lowest BCUT2D eigenvalue weighted by molar-refractivity contribution is -0.129. The standard InChI is InChI=1S/C19H14BrClN6O2.C16H18ClF3N4O2S/c1-10-6-11(9-22)7-12(18(28)23-2)16(10)25-19(29)14-8-15(20)26-27(14)17-13(21)4-3-5-24-17;1-2-23(14(25)5-8-27(26)9-6-16(18,19)20)13-11-24(22-15(13)17)12-4-3-7-21-10-12/h3-8H,1-2H3,(H,23,28)(H,25,29);3-4,7,10-11H,2,5-6,8-9H2,1H3. The Morgan fingerprint density at radius 3 is 2.43 bits per heavy atom. The van der Waals surface area contributed by atoms with Gasteiger partial charge in [-0.15, -0.1) is 0 Å². The fourth-order valence-corrected chi connectivity index (χ4v) is 6.89. The minimum atomic E-state index is -4.36. The van der Waals surface area contributed by atoms with Gasteiger partial charge in [0.25, 0.3) is 11.8 Å². The van der Waals surface area contributed by atoms with Gasteiger partial charge in [-0.2, -0.15) is 28.6 Å². The van der Waals surface area contributed by atoms with Gasteiger partial charge in [0, 0.05) is 60.8 Å². The number of amides is 3. The highest BCUT2D eigenvalue weighted by Gasteiger charge is 2.28. The van der Waals surface area contributed by atoms with Gasteiger partial charge in [-0.25, -0.2) is 14.3 Å². The first-order valence-electron chi connectivity index (χ1n) is 16.4. The van der Waals surface area contributed by atoms with E-state index in [1.54, 1.807) is 62.8 Å². The second-order valence-corrected chi connectivity index (χ2v) is 14.8. The van der Waals surface area contributed by atoms with Crippen molar-refractivity contribution in [2.24, 2.45) is 0 Å². The molecule has 0 radical (unpaired) electrons. The Hall–Kier alpha value is -5.16. The van der Waals surface area contributed by atoms with Gasteiger partial charge in [0.15, 0.2) is 11.0 Å². The van der Waals surface area contributed by atoms with Crippen LogP contribution in [0.4, 0.5) is 24.5 Å². The Labute approximate surface area is 339 Å². The van der Waals surface area contributed by atoms with Crippen molar-refractivity contribution in [2.45, 2.75) is 32.9 Å². The summed E-state index contributed by atoms with van der Waals surface area (Å²) in [4.78, 5) is 47.3. The first-order chi connectivity index (χ1) is 26.6. The largest absolute Gasteiger partial charge is 0.390 e. The number of halogens is 6. The summed E-state index contributed by atoms with van der Waals surface area (Å²) >= 11 is 15.6. The molecular weight excluding hydrogens is 864 g/mol. The molecule has 5 aromatic rings. The van der Waals surface area contributed by atoms with Gasteiger partial charge in [0.1, 0.15) is 16.0 Å². The van der Waals surface area contributed by atoms with Crippen molar-refractivity contribution >= 4 is 79.0 Å². The lowest BCUT2D eigenvalue weighted by atomic mass is 10.0. The van der Waals surface area contributed by atoms with Crippen LogP contribution in [0.2, 0.25) is 10.2 Å². The Morgan fingerprint density at radius 1 is 1.07 bits per heavy atom. The number of nitriles is 1. The molecule has 3 amide bonds. The quantitative estimate of drug-likeness (QED) is 0.136. The monoisotopic (exact) mass is 894 g/mol. The van der Waals surface area contributed by atoms with E-state index in [0.717, 1.165) is 0 Å². The predicted molar refractivity (Wildman–Crippen MR) is 209 cm³/mol. The maximum atomic E-state index is 13.0. The summed E-state index contributed by atoms with van der Waals surface area (Å²) in [5, 5.41) is 23.2. The van der Waals surface area contributed by atoms with Crippen LogP contribution in [0.25, 0.3) is 11.5 Å². The number of hydrogen-bond donors (Lipinski definition) is 2. The molecule has 4 aromatic heterocycles. The third kappa shape index (κ3) is 11.4. The number of alkyl halides is 3. The first kappa shape index (κ1) is 43.6. The van der Waals surface area contributed by atoms with Crippen LogP contribution >= 0.6 is 39.1 Å². The Balaban J connectivity index is 0.000000249. The molecule has 1 aromatic carbocycles. The number of benzene rings is 1. The molecule has 0 aliphatic carbocycles. The van der Waals surface area contributed by atoms with Crippen LogP contribution in [-0.4, -0.2) is 82.7 Å². The second kappa shape index (κ2) is 19.6. The number of aromatic nitrogens is 6. The van der Waals surface area contributed by atoms with Gasteiger partial charge in [-0.1, -0.05) is 23.2 Å². The molecule has 5 rings (SSSR count). The minimum Gasteiger partial charge on any atom is -0.355 e. The van der Waals surface area contributed by atoms with Gasteiger partial charge in [0.05, 0.1) is 52.4 Å².